The number of hydrogen-bond acceptors (Lipinski definition) is 8. The lowest BCUT2D eigenvalue weighted by molar-refractivity contribution is -0.379. The molecule has 0 aliphatic heterocycles. The van der Waals surface area contributed by atoms with Crippen LogP contribution in [-0.4, -0.2) is 44.4 Å². The minimum absolute atomic E-state index is 0.0778. The lowest BCUT2D eigenvalue weighted by Gasteiger charge is -2.36. The van der Waals surface area contributed by atoms with Gasteiger partial charge in [0, 0.05) is 13.1 Å². The summed E-state index contributed by atoms with van der Waals surface area (Å²) in [5, 5.41) is 37.4. The van der Waals surface area contributed by atoms with E-state index in [1.54, 1.807) is 0 Å². The van der Waals surface area contributed by atoms with E-state index in [0.717, 1.165) is 37.0 Å². The Morgan fingerprint density at radius 3 is 2.14 bits per heavy atom. The molecule has 9 heteroatoms. The van der Waals surface area contributed by atoms with Crippen LogP contribution < -0.4 is 10.6 Å². The van der Waals surface area contributed by atoms with Gasteiger partial charge in [0.2, 0.25) is 5.82 Å². The molecule has 3 rings (SSSR count). The molecule has 2 fully saturated rings. The Labute approximate surface area is 131 Å². The van der Waals surface area contributed by atoms with E-state index in [1.807, 2.05) is 0 Å². The van der Waals surface area contributed by atoms with Crippen LogP contribution in [0, 0.1) is 10.1 Å². The third-order valence-corrected chi connectivity index (χ3v) is 5.46. The first-order valence-electron chi connectivity index (χ1n) is 7.47. The van der Waals surface area contributed by atoms with Gasteiger partial charge in [0.25, 0.3) is 0 Å². The van der Waals surface area contributed by atoms with Gasteiger partial charge in [-0.3, -0.25) is 10.1 Å². The third-order valence-electron chi connectivity index (χ3n) is 4.50. The molecule has 0 bridgehead atoms. The van der Waals surface area contributed by atoms with Crippen LogP contribution >= 0.6 is 11.3 Å². The van der Waals surface area contributed by atoms with Crippen LogP contribution in [0.1, 0.15) is 38.5 Å². The molecule has 0 aromatic carbocycles. The van der Waals surface area contributed by atoms with Gasteiger partial charge in [0.15, 0.2) is 5.13 Å². The number of thiazole rings is 1. The van der Waals surface area contributed by atoms with Gasteiger partial charge in [-0.25, -0.2) is 0 Å². The highest BCUT2D eigenvalue weighted by Gasteiger charge is 2.36. The van der Waals surface area contributed by atoms with Crippen molar-refractivity contribution < 1.29 is 15.1 Å². The Morgan fingerprint density at radius 2 is 1.68 bits per heavy atom. The number of rotatable bonds is 7. The highest BCUT2D eigenvalue weighted by Crippen LogP contribution is 2.38. The van der Waals surface area contributed by atoms with E-state index in [0.29, 0.717) is 24.5 Å². The number of aromatic nitrogens is 1. The van der Waals surface area contributed by atoms with E-state index >= 15 is 0 Å². The standard InChI is InChI=1S/C13H20N4O4S/c18-12(3-1-4-12)7-14-9-10(17(20)21)22-11(16-9)15-8-13(19)5-2-6-13/h14,18-19H,1-8H2,(H,15,16). The number of nitro groups is 1. The largest absolute Gasteiger partial charge is 0.388 e. The van der Waals surface area contributed by atoms with Crippen LogP contribution in [0.15, 0.2) is 0 Å². The molecule has 0 unspecified atom stereocenters. The van der Waals surface area contributed by atoms with Gasteiger partial charge in [0.05, 0.1) is 16.1 Å². The van der Waals surface area contributed by atoms with Crippen molar-refractivity contribution in [3.05, 3.63) is 10.1 Å². The Morgan fingerprint density at radius 1 is 1.14 bits per heavy atom. The average Bonchev–Trinajstić information content (AvgIpc) is 2.82. The smallest absolute Gasteiger partial charge is 0.369 e. The van der Waals surface area contributed by atoms with Gasteiger partial charge < -0.3 is 20.8 Å². The second kappa shape index (κ2) is 5.64. The van der Waals surface area contributed by atoms with Gasteiger partial charge >= 0.3 is 5.00 Å². The fourth-order valence-corrected chi connectivity index (χ4v) is 3.39. The Bertz CT molecular complexity index is 568. The predicted octanol–water partition coefficient (Wildman–Crippen LogP) is 1.71. The molecule has 0 radical (unpaired) electrons. The predicted molar refractivity (Wildman–Crippen MR) is 83.3 cm³/mol. The zero-order valence-corrected chi connectivity index (χ0v) is 13.0. The van der Waals surface area contributed by atoms with Crippen LogP contribution in [0.5, 0.6) is 0 Å². The fraction of sp³-hybridized carbons (Fsp3) is 0.769. The number of nitrogens with zero attached hydrogens (tertiary/aromatic N) is 2. The van der Waals surface area contributed by atoms with Crippen LogP contribution in [0.25, 0.3) is 0 Å². The van der Waals surface area contributed by atoms with Crippen molar-refractivity contribution in [2.24, 2.45) is 0 Å². The summed E-state index contributed by atoms with van der Waals surface area (Å²) in [6.07, 6.45) is 4.87. The summed E-state index contributed by atoms with van der Waals surface area (Å²) in [6.45, 7) is 0.613. The maximum absolute atomic E-state index is 11.1. The number of nitrogens with one attached hydrogen (secondary N) is 2. The first kappa shape index (κ1) is 15.4. The molecule has 1 heterocycles. The Hall–Kier alpha value is -1.45. The zero-order chi connectivity index (χ0) is 15.8. The quantitative estimate of drug-likeness (QED) is 0.444. The lowest BCUT2D eigenvalue weighted by Crippen LogP contribution is -2.43. The van der Waals surface area contributed by atoms with Crippen molar-refractivity contribution in [1.29, 1.82) is 0 Å². The highest BCUT2D eigenvalue weighted by atomic mass is 32.1. The molecule has 1 aromatic heterocycles. The average molecular weight is 328 g/mol. The normalized spacial score (nSPS) is 21.5. The molecule has 2 aliphatic rings. The first-order valence-corrected chi connectivity index (χ1v) is 8.29. The molecule has 0 amide bonds. The molecular formula is C13H20N4O4S. The number of anilines is 2. The molecule has 0 saturated heterocycles. The molecule has 0 atom stereocenters. The van der Waals surface area contributed by atoms with Gasteiger partial charge in [-0.1, -0.05) is 0 Å². The second-order valence-electron chi connectivity index (χ2n) is 6.29. The van der Waals surface area contributed by atoms with Gasteiger partial charge in [0.1, 0.15) is 0 Å². The molecule has 0 spiro atoms. The summed E-state index contributed by atoms with van der Waals surface area (Å²) in [5.74, 6) is 0.179. The maximum atomic E-state index is 11.1. The molecule has 2 saturated carbocycles. The second-order valence-corrected chi connectivity index (χ2v) is 7.27. The zero-order valence-electron chi connectivity index (χ0n) is 12.2. The summed E-state index contributed by atoms with van der Waals surface area (Å²) in [6, 6.07) is 0. The van der Waals surface area contributed by atoms with Crippen LogP contribution in [-0.2, 0) is 0 Å². The number of hydrogen-bond donors (Lipinski definition) is 4. The van der Waals surface area contributed by atoms with Crippen molar-refractivity contribution >= 4 is 27.3 Å². The third kappa shape index (κ3) is 3.16. The van der Waals surface area contributed by atoms with Crippen LogP contribution in [0.3, 0.4) is 0 Å². The summed E-state index contributed by atoms with van der Waals surface area (Å²) in [5.41, 5.74) is -1.48. The summed E-state index contributed by atoms with van der Waals surface area (Å²) in [4.78, 5) is 14.8. The molecule has 1 aromatic rings. The van der Waals surface area contributed by atoms with Crippen LogP contribution in [0.2, 0.25) is 0 Å². The maximum Gasteiger partial charge on any atom is 0.369 e. The number of aliphatic hydroxyl groups is 2. The molecular weight excluding hydrogens is 308 g/mol. The molecule has 122 valence electrons. The summed E-state index contributed by atoms with van der Waals surface area (Å²) >= 11 is 0.943. The van der Waals surface area contributed by atoms with E-state index in [9.17, 15) is 20.3 Å². The van der Waals surface area contributed by atoms with E-state index in [2.05, 4.69) is 15.6 Å². The summed E-state index contributed by atoms with van der Waals surface area (Å²) < 4.78 is 0. The van der Waals surface area contributed by atoms with Crippen molar-refractivity contribution in [2.45, 2.75) is 49.7 Å². The van der Waals surface area contributed by atoms with Crippen molar-refractivity contribution in [2.75, 3.05) is 23.7 Å². The van der Waals surface area contributed by atoms with Gasteiger partial charge in [-0.05, 0) is 49.9 Å². The minimum atomic E-state index is -0.772. The van der Waals surface area contributed by atoms with Crippen molar-refractivity contribution in [3.63, 3.8) is 0 Å². The summed E-state index contributed by atoms with van der Waals surface area (Å²) in [7, 11) is 0. The Kier molecular flexibility index (Phi) is 3.96. The molecule has 8 nitrogen and oxygen atoms in total. The lowest BCUT2D eigenvalue weighted by atomic mass is 9.80. The van der Waals surface area contributed by atoms with Crippen molar-refractivity contribution in [3.8, 4) is 0 Å². The SMILES string of the molecule is O=[N+]([O-])c1sc(NCC2(O)CCC2)nc1NCC1(O)CCC1. The molecule has 2 aliphatic carbocycles. The van der Waals surface area contributed by atoms with Gasteiger partial charge in [-0.2, -0.15) is 4.98 Å². The molecule has 4 N–H and O–H groups in total. The monoisotopic (exact) mass is 328 g/mol. The van der Waals surface area contributed by atoms with Crippen molar-refractivity contribution in [1.82, 2.24) is 4.98 Å². The minimum Gasteiger partial charge on any atom is -0.388 e. The Balaban J connectivity index is 1.64. The van der Waals surface area contributed by atoms with E-state index in [4.69, 9.17) is 0 Å². The van der Waals surface area contributed by atoms with Gasteiger partial charge in [-0.15, -0.1) is 0 Å². The molecule has 22 heavy (non-hydrogen) atoms. The topological polar surface area (TPSA) is 121 Å². The van der Waals surface area contributed by atoms with E-state index in [1.165, 1.54) is 0 Å². The van der Waals surface area contributed by atoms with Crippen LogP contribution in [0.4, 0.5) is 16.0 Å². The van der Waals surface area contributed by atoms with E-state index < -0.39 is 16.1 Å². The fourth-order valence-electron chi connectivity index (χ4n) is 2.64. The van der Waals surface area contributed by atoms with E-state index in [-0.39, 0.29) is 17.4 Å². The highest BCUT2D eigenvalue weighted by molar-refractivity contribution is 7.19. The first-order chi connectivity index (χ1) is 10.4.